The molecule has 0 fully saturated rings. The van der Waals surface area contributed by atoms with Crippen molar-refractivity contribution in [1.82, 2.24) is 9.55 Å². The van der Waals surface area contributed by atoms with Crippen molar-refractivity contribution >= 4 is 22.9 Å². The van der Waals surface area contributed by atoms with E-state index in [-0.39, 0.29) is 5.66 Å². The molecule has 1 atom stereocenters. The molecule has 19 heavy (non-hydrogen) atoms. The molecule has 2 aromatic rings. The number of guanidine groups is 1. The summed E-state index contributed by atoms with van der Waals surface area (Å²) in [5.41, 5.74) is 10.1. The molecule has 0 saturated carbocycles. The summed E-state index contributed by atoms with van der Waals surface area (Å²) in [6, 6.07) is 4.29. The largest absolute Gasteiger partial charge is 0.370 e. The quantitative estimate of drug-likeness (QED) is 0.824. The van der Waals surface area contributed by atoms with Gasteiger partial charge < -0.3 is 5.73 Å². The Hall–Kier alpha value is -2.04. The number of rotatable bonds is 1. The van der Waals surface area contributed by atoms with Gasteiger partial charge in [-0.15, -0.1) is 0 Å². The van der Waals surface area contributed by atoms with Gasteiger partial charge in [-0.05, 0) is 50.5 Å². The Bertz CT molecular complexity index is 697. The van der Waals surface area contributed by atoms with Crippen LogP contribution in [0.5, 0.6) is 0 Å². The minimum absolute atomic E-state index is 0.374. The maximum Gasteiger partial charge on any atom is 0.212 e. The van der Waals surface area contributed by atoms with Gasteiger partial charge in [-0.2, -0.15) is 0 Å². The number of aromatic nitrogens is 2. The third kappa shape index (κ3) is 1.61. The Morgan fingerprint density at radius 3 is 2.68 bits per heavy atom. The standard InChI is InChI=1S/C14H19N5/c1-5-14(4)18-12(15)17-13-16-10-6-8(2)9(3)7-11(10)19(13)14/h6-7H,5H2,1-4H3,(H3,15,16,17,18)/t14-/m1/s1. The Morgan fingerprint density at radius 2 is 2.00 bits per heavy atom. The lowest BCUT2D eigenvalue weighted by Crippen LogP contribution is -2.39. The van der Waals surface area contributed by atoms with Crippen molar-refractivity contribution in [3.05, 3.63) is 23.3 Å². The lowest BCUT2D eigenvalue weighted by molar-refractivity contribution is 0.331. The highest BCUT2D eigenvalue weighted by Crippen LogP contribution is 2.35. The summed E-state index contributed by atoms with van der Waals surface area (Å²) in [6.45, 7) is 8.41. The minimum atomic E-state index is -0.374. The first-order chi connectivity index (χ1) is 8.94. The first-order valence-electron chi connectivity index (χ1n) is 6.57. The van der Waals surface area contributed by atoms with Gasteiger partial charge in [0.15, 0.2) is 5.96 Å². The monoisotopic (exact) mass is 257 g/mol. The van der Waals surface area contributed by atoms with E-state index in [1.54, 1.807) is 0 Å². The van der Waals surface area contributed by atoms with Gasteiger partial charge in [0.2, 0.25) is 5.95 Å². The van der Waals surface area contributed by atoms with E-state index < -0.39 is 0 Å². The summed E-state index contributed by atoms with van der Waals surface area (Å²) in [4.78, 5) is 9.19. The third-order valence-electron chi connectivity index (χ3n) is 4.02. The van der Waals surface area contributed by atoms with E-state index in [9.17, 15) is 0 Å². The molecule has 0 spiro atoms. The second kappa shape index (κ2) is 3.73. The number of benzene rings is 1. The summed E-state index contributed by atoms with van der Waals surface area (Å²) < 4.78 is 2.14. The van der Waals surface area contributed by atoms with Crippen molar-refractivity contribution in [3.8, 4) is 0 Å². The van der Waals surface area contributed by atoms with E-state index in [1.807, 2.05) is 0 Å². The average molecular weight is 257 g/mol. The number of aliphatic imine (C=N–C) groups is 1. The molecule has 0 aliphatic carbocycles. The van der Waals surface area contributed by atoms with Crippen LogP contribution in [0.15, 0.2) is 17.1 Å². The number of nitrogens with two attached hydrogens (primary N) is 1. The Morgan fingerprint density at radius 1 is 1.32 bits per heavy atom. The molecule has 0 amide bonds. The van der Waals surface area contributed by atoms with Crippen molar-refractivity contribution in [1.29, 1.82) is 0 Å². The van der Waals surface area contributed by atoms with Crippen LogP contribution in [-0.2, 0) is 5.66 Å². The van der Waals surface area contributed by atoms with Crippen molar-refractivity contribution < 1.29 is 0 Å². The summed E-state index contributed by atoms with van der Waals surface area (Å²) in [5.74, 6) is 1.21. The van der Waals surface area contributed by atoms with Crippen molar-refractivity contribution in [2.45, 2.75) is 39.8 Å². The predicted molar refractivity (Wildman–Crippen MR) is 78.4 cm³/mol. The molecule has 100 valence electrons. The number of hydrogen-bond acceptors (Lipinski definition) is 4. The van der Waals surface area contributed by atoms with Gasteiger partial charge in [0.05, 0.1) is 11.0 Å². The molecule has 1 aromatic carbocycles. The summed E-state index contributed by atoms with van der Waals surface area (Å²) >= 11 is 0. The van der Waals surface area contributed by atoms with E-state index in [0.29, 0.717) is 5.96 Å². The molecule has 0 unspecified atom stereocenters. The number of imidazole rings is 1. The third-order valence-corrected chi connectivity index (χ3v) is 4.02. The van der Waals surface area contributed by atoms with Crippen LogP contribution in [0.4, 0.5) is 5.95 Å². The minimum Gasteiger partial charge on any atom is -0.370 e. The van der Waals surface area contributed by atoms with Crippen molar-refractivity contribution in [2.75, 3.05) is 5.32 Å². The molecule has 0 bridgehead atoms. The van der Waals surface area contributed by atoms with Crippen molar-refractivity contribution in [2.24, 2.45) is 10.7 Å². The molecule has 5 nitrogen and oxygen atoms in total. The van der Waals surface area contributed by atoms with E-state index in [4.69, 9.17) is 5.73 Å². The number of nitrogens with one attached hydrogen (secondary N) is 1. The maximum atomic E-state index is 5.87. The highest BCUT2D eigenvalue weighted by Gasteiger charge is 2.32. The number of aryl methyl sites for hydroxylation is 2. The molecule has 3 rings (SSSR count). The smallest absolute Gasteiger partial charge is 0.212 e. The van der Waals surface area contributed by atoms with Crippen LogP contribution in [0.25, 0.3) is 11.0 Å². The molecular weight excluding hydrogens is 238 g/mol. The molecule has 1 aromatic heterocycles. The Labute approximate surface area is 112 Å². The van der Waals surface area contributed by atoms with Gasteiger partial charge >= 0.3 is 0 Å². The zero-order chi connectivity index (χ0) is 13.8. The van der Waals surface area contributed by atoms with Crippen LogP contribution < -0.4 is 11.1 Å². The van der Waals surface area contributed by atoms with Crippen LogP contribution in [0.3, 0.4) is 0 Å². The summed E-state index contributed by atoms with van der Waals surface area (Å²) in [6.07, 6.45) is 0.862. The van der Waals surface area contributed by atoms with Gasteiger partial charge in [-0.3, -0.25) is 9.88 Å². The van der Waals surface area contributed by atoms with Crippen LogP contribution in [0.1, 0.15) is 31.4 Å². The average Bonchev–Trinajstić information content (AvgIpc) is 2.67. The van der Waals surface area contributed by atoms with Crippen LogP contribution >= 0.6 is 0 Å². The van der Waals surface area contributed by atoms with Crippen LogP contribution in [0.2, 0.25) is 0 Å². The summed E-state index contributed by atoms with van der Waals surface area (Å²) in [5, 5.41) is 3.06. The van der Waals surface area contributed by atoms with E-state index in [2.05, 4.69) is 59.7 Å². The zero-order valence-electron chi connectivity index (χ0n) is 11.8. The highest BCUT2D eigenvalue weighted by molar-refractivity contribution is 5.95. The SMILES string of the molecule is CC[C@]1(C)N=C(N)Nc2nc3cc(C)c(C)cc3n21. The second-order valence-corrected chi connectivity index (χ2v) is 5.39. The molecule has 1 aliphatic heterocycles. The highest BCUT2D eigenvalue weighted by atomic mass is 15.4. The van der Waals surface area contributed by atoms with Gasteiger partial charge in [0, 0.05) is 0 Å². The second-order valence-electron chi connectivity index (χ2n) is 5.39. The zero-order valence-corrected chi connectivity index (χ0v) is 11.8. The first kappa shape index (κ1) is 12.0. The molecule has 1 aliphatic rings. The van der Waals surface area contributed by atoms with Crippen LogP contribution in [-0.4, -0.2) is 15.5 Å². The lowest BCUT2D eigenvalue weighted by atomic mass is 10.1. The number of fused-ring (bicyclic) bond motifs is 3. The lowest BCUT2D eigenvalue weighted by Gasteiger charge is -2.32. The molecule has 3 N–H and O–H groups in total. The van der Waals surface area contributed by atoms with Gasteiger partial charge in [0.25, 0.3) is 0 Å². The number of hydrogen-bond donors (Lipinski definition) is 2. The van der Waals surface area contributed by atoms with Crippen LogP contribution in [0, 0.1) is 13.8 Å². The predicted octanol–water partition coefficient (Wildman–Crippen LogP) is 2.48. The topological polar surface area (TPSA) is 68.2 Å². The summed E-state index contributed by atoms with van der Waals surface area (Å²) in [7, 11) is 0. The van der Waals surface area contributed by atoms with Gasteiger partial charge in [-0.1, -0.05) is 6.92 Å². The van der Waals surface area contributed by atoms with E-state index >= 15 is 0 Å². The Balaban J connectivity index is 2.36. The fraction of sp³-hybridized carbons (Fsp3) is 0.429. The fourth-order valence-electron chi connectivity index (χ4n) is 2.59. The van der Waals surface area contributed by atoms with Crippen molar-refractivity contribution in [3.63, 3.8) is 0 Å². The molecule has 2 heterocycles. The normalized spacial score (nSPS) is 22.0. The van der Waals surface area contributed by atoms with E-state index in [1.165, 1.54) is 11.1 Å². The number of anilines is 1. The Kier molecular flexibility index (Phi) is 2.36. The molecule has 0 radical (unpaired) electrons. The maximum absolute atomic E-state index is 5.87. The van der Waals surface area contributed by atoms with Gasteiger partial charge in [-0.25, -0.2) is 9.98 Å². The first-order valence-corrected chi connectivity index (χ1v) is 6.57. The van der Waals surface area contributed by atoms with E-state index in [0.717, 1.165) is 23.4 Å². The number of nitrogens with zero attached hydrogens (tertiary/aromatic N) is 3. The van der Waals surface area contributed by atoms with Gasteiger partial charge in [0.1, 0.15) is 5.66 Å². The fourth-order valence-corrected chi connectivity index (χ4v) is 2.59. The molecule has 0 saturated heterocycles. The molecule has 5 heteroatoms. The molecular formula is C14H19N5.